The first kappa shape index (κ1) is 96.2. The smallest absolute Gasteiger partial charge is 0.353 e. The van der Waals surface area contributed by atoms with Gasteiger partial charge in [0.05, 0.1) is 22.2 Å². The second kappa shape index (κ2) is 48.9. The molecule has 3 radical (unpaired) electrons. The van der Waals surface area contributed by atoms with Crippen molar-refractivity contribution in [3.63, 3.8) is 0 Å². The van der Waals surface area contributed by atoms with Gasteiger partial charge < -0.3 is 39.5 Å². The molecule has 0 saturated heterocycles. The molecule has 1 N–H and O–H groups in total. The number of hydrogen-bond acceptors (Lipinski definition) is 9. The molecule has 26 rings (SSSR count). The second-order valence-corrected chi connectivity index (χ2v) is 32.9. The van der Waals surface area contributed by atoms with Crippen molar-refractivity contribution in [2.24, 2.45) is 0 Å². The monoisotopic (exact) mass is 2560 g/mol. The summed E-state index contributed by atoms with van der Waals surface area (Å²) in [6, 6.07) is 171. The zero-order valence-electron chi connectivity index (χ0n) is 80.2. The molecule has 0 aliphatic carbocycles. The van der Waals surface area contributed by atoms with Crippen LogP contribution in [0, 0.1) is 62.3 Å². The number of aromatic nitrogens is 10. The molecule has 2 aliphatic heterocycles. The summed E-state index contributed by atoms with van der Waals surface area (Å²) in [5, 5.41) is 4.90. The van der Waals surface area contributed by atoms with Crippen LogP contribution in [0.1, 0.15) is 37.5 Å². The zero-order chi connectivity index (χ0) is 96.2. The van der Waals surface area contributed by atoms with Gasteiger partial charge in [0.1, 0.15) is 11.6 Å². The van der Waals surface area contributed by atoms with Gasteiger partial charge in [-0.05, 0) is 152 Å². The van der Waals surface area contributed by atoms with E-state index in [-0.39, 0.29) is 81.4 Å². The van der Waals surface area contributed by atoms with Crippen LogP contribution in [-0.4, -0.2) is 49.4 Å². The molecule has 12 heterocycles. The quantitative estimate of drug-likeness (QED) is 0.126. The molecule has 14 aromatic carbocycles. The molecule has 0 atom stereocenters. The fourth-order valence-electron chi connectivity index (χ4n) is 17.2. The van der Waals surface area contributed by atoms with Gasteiger partial charge in [-0.1, -0.05) is 194 Å². The fourth-order valence-corrected chi connectivity index (χ4v) is 17.2. The van der Waals surface area contributed by atoms with E-state index in [1.807, 2.05) is 285 Å². The summed E-state index contributed by atoms with van der Waals surface area (Å²) in [6.07, 6.45) is 12.6. The molecule has 15 heteroatoms. The number of benzene rings is 14. The van der Waals surface area contributed by atoms with Crippen LogP contribution in [0.4, 0.5) is 17.3 Å². The third-order valence-corrected chi connectivity index (χ3v) is 23.9. The van der Waals surface area contributed by atoms with E-state index < -0.39 is 6.85 Å². The first-order valence-corrected chi connectivity index (χ1v) is 45.9. The minimum atomic E-state index is -2.20. The van der Waals surface area contributed by atoms with Crippen LogP contribution in [0.25, 0.3) is 162 Å². The van der Waals surface area contributed by atoms with Crippen LogP contribution in [0.15, 0.2) is 474 Å². The summed E-state index contributed by atoms with van der Waals surface area (Å²) in [6.45, 7) is -0.0753. The molecule has 2 aliphatic rings. The maximum absolute atomic E-state index is 7.82. The number of hydrogen-bond donors (Lipinski definition) is 1. The van der Waals surface area contributed by atoms with Crippen molar-refractivity contribution >= 4 is 60.9 Å². The van der Waals surface area contributed by atoms with Crippen molar-refractivity contribution in [2.45, 2.75) is 26.6 Å². The third-order valence-electron chi connectivity index (χ3n) is 23.9. The van der Waals surface area contributed by atoms with E-state index in [0.717, 1.165) is 131 Å². The standard InChI is InChI=1S/C30H19N3.C29H18N3.2C18H14N.3C11H8N.3Ir.Pt/c1-3-8-20(9-4-1)26-16-14-24-18-22-12-7-13-23-19-25-15-17-27(21-10-5-2-6-11-21)32-30(25)33(28(22)23)29(24)31-26;1-3-9-19(10-4-1)25-16-23-22-15-24-21-13-7-8-14-28(21)32(20-11-5-2-6-12-20)29(24)17-26(22)31-27(23)18-30-25;2*1-14-12-18(16-10-6-3-7-11-16)19-13-17(14)15-8-4-2-5-9-15;3*1-2-6-10(7-3-1)11-8-4-5-9-12-11;;;;/h1-8,10,12-17H,18-19H2;1-9,11-18,31H;2*2-10,12-13H,1H3;3*1-6,8-9H;;;;/q-2;6*-1;;;;+2/i;;1D3;;;;;;;;. The third kappa shape index (κ3) is 23.8. The van der Waals surface area contributed by atoms with Crippen LogP contribution >= 0.6 is 0 Å². The molecule has 143 heavy (non-hydrogen) atoms. The summed E-state index contributed by atoms with van der Waals surface area (Å²) < 4.78 is 25.8. The number of nitrogens with one attached hydrogen (secondary N) is 1. The van der Waals surface area contributed by atoms with E-state index in [9.17, 15) is 0 Å². The van der Waals surface area contributed by atoms with Gasteiger partial charge in [-0.2, -0.15) is 0 Å². The summed E-state index contributed by atoms with van der Waals surface area (Å²) in [5.74, 6) is 1.93. The average Bonchev–Trinajstić information content (AvgIpc) is 1.19. The number of fused-ring (bicyclic) bond motifs is 10. The first-order valence-electron chi connectivity index (χ1n) is 47.4. The van der Waals surface area contributed by atoms with Gasteiger partial charge in [-0.3, -0.25) is 14.9 Å². The van der Waals surface area contributed by atoms with Crippen molar-refractivity contribution < 1.29 is 85.5 Å². The van der Waals surface area contributed by atoms with Crippen LogP contribution < -0.4 is 4.90 Å². The van der Waals surface area contributed by atoms with E-state index in [2.05, 4.69) is 251 Å². The number of aryl methyl sites for hydroxylation is 2. The molecule has 10 aromatic heterocycles. The van der Waals surface area contributed by atoms with Crippen molar-refractivity contribution in [3.05, 3.63) is 556 Å². The zero-order valence-corrected chi connectivity index (χ0v) is 86.7. The van der Waals surface area contributed by atoms with Crippen molar-refractivity contribution in [1.82, 2.24) is 49.4 Å². The van der Waals surface area contributed by atoms with Crippen molar-refractivity contribution in [2.75, 3.05) is 4.90 Å². The molecule has 11 nitrogen and oxygen atoms in total. The van der Waals surface area contributed by atoms with Crippen LogP contribution in [0.2, 0.25) is 0 Å². The second-order valence-electron chi connectivity index (χ2n) is 32.9. The van der Waals surface area contributed by atoms with Crippen molar-refractivity contribution in [1.29, 1.82) is 0 Å². The molecule has 0 fully saturated rings. The van der Waals surface area contributed by atoms with Crippen LogP contribution in [-0.2, 0) is 94.2 Å². The summed E-state index contributed by atoms with van der Waals surface area (Å²) in [5.41, 5.74) is 32.7. The predicted molar refractivity (Wildman–Crippen MR) is 566 cm³/mol. The number of H-pyrrole nitrogens is 1. The predicted octanol–water partition coefficient (Wildman–Crippen LogP) is 30.7. The molecule has 0 saturated carbocycles. The molecule has 24 aromatic rings. The largest absolute Gasteiger partial charge is 2.00 e. The Balaban J connectivity index is 0.000000126. The van der Waals surface area contributed by atoms with Gasteiger partial charge in [-0.25, -0.2) is 0 Å². The molecular formula is C128H89Ir3N11Pt-6. The minimum absolute atomic E-state index is 0. The number of nitrogens with zero attached hydrogens (tertiary/aromatic N) is 10. The van der Waals surface area contributed by atoms with Gasteiger partial charge in [-0.15, -0.1) is 287 Å². The summed E-state index contributed by atoms with van der Waals surface area (Å²) in [4.78, 5) is 42.5. The number of rotatable bonds is 11. The van der Waals surface area contributed by atoms with Crippen molar-refractivity contribution in [3.8, 4) is 118 Å². The molecule has 0 bridgehead atoms. The maximum atomic E-state index is 7.82. The van der Waals surface area contributed by atoms with E-state index >= 15 is 0 Å². The van der Waals surface area contributed by atoms with Gasteiger partial charge >= 0.3 is 21.1 Å². The Morgan fingerprint density at radius 3 is 1.03 bits per heavy atom. The van der Waals surface area contributed by atoms with Crippen LogP contribution in [0.3, 0.4) is 0 Å². The van der Waals surface area contributed by atoms with E-state index in [1.54, 1.807) is 36.9 Å². The molecule has 699 valence electrons. The number of anilines is 3. The first-order chi connectivity index (χ1) is 70.0. The minimum Gasteiger partial charge on any atom is -0.353 e. The molecule has 0 unspecified atom stereocenters. The van der Waals surface area contributed by atoms with E-state index in [1.165, 1.54) is 77.2 Å². The Morgan fingerprint density at radius 2 is 0.629 bits per heavy atom. The molecule has 0 spiro atoms. The fraction of sp³-hybridized carbons (Fsp3) is 0.0312. The van der Waals surface area contributed by atoms with Crippen LogP contribution in [0.5, 0.6) is 0 Å². The number of pyridine rings is 8. The Hall–Kier alpha value is -15.7. The van der Waals surface area contributed by atoms with Gasteiger partial charge in [0, 0.05) is 158 Å². The Bertz CT molecular complexity index is 7940. The maximum Gasteiger partial charge on any atom is 2.00 e. The molecular weight excluding hydrogens is 2460 g/mol. The van der Waals surface area contributed by atoms with Gasteiger partial charge in [0.2, 0.25) is 0 Å². The van der Waals surface area contributed by atoms with E-state index in [0.29, 0.717) is 16.8 Å². The Labute approximate surface area is 893 Å². The van der Waals surface area contributed by atoms with E-state index in [4.69, 9.17) is 14.1 Å². The summed E-state index contributed by atoms with van der Waals surface area (Å²) >= 11 is 0. The number of aromatic amines is 1. The Kier molecular flexibility index (Phi) is 32.9. The Morgan fingerprint density at radius 1 is 0.273 bits per heavy atom. The summed E-state index contributed by atoms with van der Waals surface area (Å²) in [7, 11) is 0. The van der Waals surface area contributed by atoms with Gasteiger partial charge in [0.25, 0.3) is 0 Å². The normalized spacial score (nSPS) is 11.3. The topological polar surface area (TPSA) is 127 Å². The SMILES string of the molecule is Cc1cc(-c2[c-]cccc2)ncc1-c1ccccc1.[2H]C([2H])([2H])c1cc(-c2[c-]cccc2)ncc1-c1ccccc1.[Ir].[Ir].[Ir].[Pt+2].[c-]1ccccc1-c1cc2c(cn1)[nH]c1cc3c(cc12)c1ccccc1n3-c1ccccc1.[c-]1ccccc1-c1ccc2c(n1)N1c3nc(-c4[c-]cccc4)ccc3Cc3cccc(c31)C2.[c-]1ccccc1-c1ccccn1.[c-]1ccccc1-c1ccccn1.[c-]1ccccc1-c1ccccn1. The average molecular weight is 2560 g/mol. The van der Waals surface area contributed by atoms with Gasteiger partial charge in [0.15, 0.2) is 0 Å². The number of para-hydroxylation sites is 3. The molecule has 0 amide bonds.